The van der Waals surface area contributed by atoms with Crippen LogP contribution in [-0.4, -0.2) is 17.6 Å². The third-order valence-electron chi connectivity index (χ3n) is 2.99. The molecular formula is C16H16FNO2. The summed E-state index contributed by atoms with van der Waals surface area (Å²) < 4.78 is 13.5. The van der Waals surface area contributed by atoms with Crippen molar-refractivity contribution in [2.45, 2.75) is 12.8 Å². The first-order valence-corrected chi connectivity index (χ1v) is 6.48. The van der Waals surface area contributed by atoms with Gasteiger partial charge in [0.25, 0.3) is 5.91 Å². The first-order chi connectivity index (χ1) is 9.68. The average molecular weight is 273 g/mol. The highest BCUT2D eigenvalue weighted by molar-refractivity contribution is 5.97. The van der Waals surface area contributed by atoms with Gasteiger partial charge in [-0.1, -0.05) is 36.4 Å². The smallest absolute Gasteiger partial charge is 0.258 e. The lowest BCUT2D eigenvalue weighted by Gasteiger charge is -2.07. The van der Waals surface area contributed by atoms with Crippen molar-refractivity contribution in [2.75, 3.05) is 6.54 Å². The second-order valence-electron chi connectivity index (χ2n) is 4.48. The molecule has 2 rings (SSSR count). The first-order valence-electron chi connectivity index (χ1n) is 6.48. The Bertz CT molecular complexity index is 564. The van der Waals surface area contributed by atoms with Crippen LogP contribution >= 0.6 is 0 Å². The van der Waals surface area contributed by atoms with Gasteiger partial charge in [0, 0.05) is 6.54 Å². The second kappa shape index (κ2) is 6.70. The fourth-order valence-corrected chi connectivity index (χ4v) is 1.97. The number of aromatic hydroxyl groups is 1. The highest BCUT2D eigenvalue weighted by Gasteiger charge is 2.15. The van der Waals surface area contributed by atoms with Crippen molar-refractivity contribution in [3.8, 4) is 5.75 Å². The zero-order valence-corrected chi connectivity index (χ0v) is 11.0. The number of aryl methyl sites for hydroxylation is 1. The van der Waals surface area contributed by atoms with Crippen molar-refractivity contribution >= 4 is 5.91 Å². The molecule has 104 valence electrons. The van der Waals surface area contributed by atoms with Gasteiger partial charge in [-0.05, 0) is 30.5 Å². The van der Waals surface area contributed by atoms with E-state index in [1.54, 1.807) is 0 Å². The van der Waals surface area contributed by atoms with E-state index in [9.17, 15) is 14.3 Å². The number of carbonyl (C=O) groups excluding carboxylic acids is 1. The zero-order chi connectivity index (χ0) is 14.4. The van der Waals surface area contributed by atoms with E-state index in [4.69, 9.17) is 0 Å². The predicted octanol–water partition coefficient (Wildman–Crippen LogP) is 2.89. The fourth-order valence-electron chi connectivity index (χ4n) is 1.97. The van der Waals surface area contributed by atoms with E-state index < -0.39 is 11.7 Å². The Morgan fingerprint density at radius 1 is 1.10 bits per heavy atom. The quantitative estimate of drug-likeness (QED) is 0.823. The molecule has 2 N–H and O–H groups in total. The van der Waals surface area contributed by atoms with Crippen LogP contribution in [0, 0.1) is 5.82 Å². The Morgan fingerprint density at radius 3 is 2.55 bits per heavy atom. The van der Waals surface area contributed by atoms with Gasteiger partial charge in [-0.3, -0.25) is 4.79 Å². The van der Waals surface area contributed by atoms with E-state index in [-0.39, 0.29) is 11.3 Å². The second-order valence-corrected chi connectivity index (χ2v) is 4.48. The van der Waals surface area contributed by atoms with E-state index in [1.807, 2.05) is 30.3 Å². The van der Waals surface area contributed by atoms with Crippen LogP contribution in [-0.2, 0) is 6.42 Å². The molecule has 2 aromatic rings. The molecule has 0 spiro atoms. The summed E-state index contributed by atoms with van der Waals surface area (Å²) >= 11 is 0. The summed E-state index contributed by atoms with van der Waals surface area (Å²) in [4.78, 5) is 11.8. The normalized spacial score (nSPS) is 10.2. The maximum atomic E-state index is 13.5. The van der Waals surface area contributed by atoms with Crippen LogP contribution in [0.2, 0.25) is 0 Å². The minimum atomic E-state index is -0.717. The molecule has 0 saturated carbocycles. The predicted molar refractivity (Wildman–Crippen MR) is 75.2 cm³/mol. The molecule has 2 aromatic carbocycles. The molecule has 0 heterocycles. The number of halogens is 1. The minimum Gasteiger partial charge on any atom is -0.507 e. The molecule has 0 aliphatic carbocycles. The Labute approximate surface area is 117 Å². The third-order valence-corrected chi connectivity index (χ3v) is 2.99. The van der Waals surface area contributed by atoms with Crippen LogP contribution in [0.15, 0.2) is 48.5 Å². The molecule has 0 bridgehead atoms. The van der Waals surface area contributed by atoms with Gasteiger partial charge < -0.3 is 10.4 Å². The summed E-state index contributed by atoms with van der Waals surface area (Å²) in [6.07, 6.45) is 1.59. The van der Waals surface area contributed by atoms with Crippen LogP contribution < -0.4 is 5.32 Å². The number of nitrogens with one attached hydrogen (secondary N) is 1. The Morgan fingerprint density at radius 2 is 1.85 bits per heavy atom. The molecule has 3 nitrogen and oxygen atoms in total. The lowest BCUT2D eigenvalue weighted by atomic mass is 10.1. The molecule has 0 aliphatic rings. The summed E-state index contributed by atoms with van der Waals surface area (Å²) in [6, 6.07) is 13.7. The molecule has 4 heteroatoms. The topological polar surface area (TPSA) is 49.3 Å². The molecule has 0 unspecified atom stereocenters. The summed E-state index contributed by atoms with van der Waals surface area (Å²) in [7, 11) is 0. The maximum Gasteiger partial charge on any atom is 0.258 e. The Kier molecular flexibility index (Phi) is 4.71. The van der Waals surface area contributed by atoms with E-state index in [0.29, 0.717) is 6.54 Å². The summed E-state index contributed by atoms with van der Waals surface area (Å²) in [5.41, 5.74) is 0.891. The van der Waals surface area contributed by atoms with Gasteiger partial charge in [0.2, 0.25) is 0 Å². The maximum absolute atomic E-state index is 13.5. The van der Waals surface area contributed by atoms with E-state index in [0.717, 1.165) is 18.9 Å². The highest BCUT2D eigenvalue weighted by Crippen LogP contribution is 2.19. The number of phenolic OH excluding ortho intramolecular Hbond substituents is 1. The number of carbonyl (C=O) groups is 1. The van der Waals surface area contributed by atoms with Gasteiger partial charge in [0.1, 0.15) is 17.1 Å². The number of benzene rings is 2. The van der Waals surface area contributed by atoms with Crippen molar-refractivity contribution in [3.05, 3.63) is 65.5 Å². The first kappa shape index (κ1) is 14.1. The molecule has 0 atom stereocenters. The van der Waals surface area contributed by atoms with Crippen LogP contribution in [0.3, 0.4) is 0 Å². The average Bonchev–Trinajstić information content (AvgIpc) is 2.44. The standard InChI is InChI=1S/C16H16FNO2/c17-13-9-4-10-14(19)15(13)16(20)18-11-5-8-12-6-2-1-3-7-12/h1-4,6-7,9-10,19H,5,8,11H2,(H,18,20). The van der Waals surface area contributed by atoms with Crippen molar-refractivity contribution in [3.63, 3.8) is 0 Å². The van der Waals surface area contributed by atoms with Crippen molar-refractivity contribution < 1.29 is 14.3 Å². The monoisotopic (exact) mass is 273 g/mol. The van der Waals surface area contributed by atoms with Crippen molar-refractivity contribution in [1.82, 2.24) is 5.32 Å². The third kappa shape index (κ3) is 3.57. The van der Waals surface area contributed by atoms with Gasteiger partial charge in [0.05, 0.1) is 0 Å². The Balaban J connectivity index is 1.84. The molecule has 20 heavy (non-hydrogen) atoms. The van der Waals surface area contributed by atoms with Crippen LogP contribution in [0.1, 0.15) is 22.3 Å². The van der Waals surface area contributed by atoms with Crippen LogP contribution in [0.25, 0.3) is 0 Å². The molecule has 0 aliphatic heterocycles. The minimum absolute atomic E-state index is 0.299. The summed E-state index contributed by atoms with van der Waals surface area (Å²) in [5, 5.41) is 12.1. The molecule has 1 amide bonds. The van der Waals surface area contributed by atoms with Crippen LogP contribution in [0.5, 0.6) is 5.75 Å². The molecule has 0 radical (unpaired) electrons. The summed E-state index contributed by atoms with van der Waals surface area (Å²) in [6.45, 7) is 0.432. The number of hydrogen-bond donors (Lipinski definition) is 2. The summed E-state index contributed by atoms with van der Waals surface area (Å²) in [5.74, 6) is -1.65. The highest BCUT2D eigenvalue weighted by atomic mass is 19.1. The van der Waals surface area contributed by atoms with Gasteiger partial charge >= 0.3 is 0 Å². The molecule has 0 fully saturated rings. The SMILES string of the molecule is O=C(NCCCc1ccccc1)c1c(O)cccc1F. The number of amides is 1. The lowest BCUT2D eigenvalue weighted by molar-refractivity contribution is 0.0946. The zero-order valence-electron chi connectivity index (χ0n) is 11.0. The van der Waals surface area contributed by atoms with E-state index in [1.165, 1.54) is 17.7 Å². The fraction of sp³-hybridized carbons (Fsp3) is 0.188. The molecular weight excluding hydrogens is 257 g/mol. The Hall–Kier alpha value is -2.36. The number of phenols is 1. The van der Waals surface area contributed by atoms with Gasteiger partial charge in [0.15, 0.2) is 0 Å². The number of rotatable bonds is 5. The lowest BCUT2D eigenvalue weighted by Crippen LogP contribution is -2.25. The number of hydrogen-bond acceptors (Lipinski definition) is 2. The van der Waals surface area contributed by atoms with Crippen LogP contribution in [0.4, 0.5) is 4.39 Å². The van der Waals surface area contributed by atoms with Crippen molar-refractivity contribution in [1.29, 1.82) is 0 Å². The molecule has 0 saturated heterocycles. The molecule has 0 aromatic heterocycles. The largest absolute Gasteiger partial charge is 0.507 e. The van der Waals surface area contributed by atoms with Crippen molar-refractivity contribution in [2.24, 2.45) is 0 Å². The van der Waals surface area contributed by atoms with Gasteiger partial charge in [-0.2, -0.15) is 0 Å². The van der Waals surface area contributed by atoms with E-state index >= 15 is 0 Å². The van der Waals surface area contributed by atoms with E-state index in [2.05, 4.69) is 5.32 Å². The van der Waals surface area contributed by atoms with Gasteiger partial charge in [-0.25, -0.2) is 4.39 Å². The van der Waals surface area contributed by atoms with Gasteiger partial charge in [-0.15, -0.1) is 0 Å².